The summed E-state index contributed by atoms with van der Waals surface area (Å²) in [5, 5.41) is 9.68. The van der Waals surface area contributed by atoms with E-state index in [9.17, 15) is 5.11 Å². The lowest BCUT2D eigenvalue weighted by molar-refractivity contribution is 0.0524. The van der Waals surface area contributed by atoms with E-state index >= 15 is 0 Å². The van der Waals surface area contributed by atoms with Gasteiger partial charge in [-0.2, -0.15) is 0 Å². The Morgan fingerprint density at radius 1 is 1.70 bits per heavy atom. The van der Waals surface area contributed by atoms with Gasteiger partial charge >= 0.3 is 0 Å². The van der Waals surface area contributed by atoms with Crippen LogP contribution in [0.4, 0.5) is 0 Å². The lowest BCUT2D eigenvalue weighted by atomic mass is 9.99. The van der Waals surface area contributed by atoms with Crippen LogP contribution in [0.3, 0.4) is 0 Å². The molecule has 0 amide bonds. The smallest absolute Gasteiger partial charge is 0.0772 e. The minimum atomic E-state index is -0.513. The molecule has 0 radical (unpaired) electrons. The summed E-state index contributed by atoms with van der Waals surface area (Å²) < 4.78 is 0. The van der Waals surface area contributed by atoms with Crippen LogP contribution in [-0.2, 0) is 0 Å². The van der Waals surface area contributed by atoms with Crippen LogP contribution in [0.2, 0.25) is 0 Å². The lowest BCUT2D eigenvalue weighted by Crippen LogP contribution is -2.34. The molecule has 1 fully saturated rings. The highest BCUT2D eigenvalue weighted by atomic mass is 16.3. The van der Waals surface area contributed by atoms with Crippen molar-refractivity contribution < 1.29 is 5.11 Å². The summed E-state index contributed by atoms with van der Waals surface area (Å²) in [7, 11) is 0. The fourth-order valence-corrected chi connectivity index (χ4v) is 1.75. The third-order valence-electron chi connectivity index (χ3n) is 2.64. The molecular formula is C8H17NO. The third kappa shape index (κ3) is 1.50. The first kappa shape index (κ1) is 8.02. The summed E-state index contributed by atoms with van der Waals surface area (Å²) in [5.41, 5.74) is 4.92. The van der Waals surface area contributed by atoms with Crippen LogP contribution >= 0.6 is 0 Å². The van der Waals surface area contributed by atoms with Gasteiger partial charge in [0.15, 0.2) is 0 Å². The highest BCUT2D eigenvalue weighted by molar-refractivity contribution is 4.89. The molecule has 0 aliphatic heterocycles. The van der Waals surface area contributed by atoms with Crippen molar-refractivity contribution in [3.63, 3.8) is 0 Å². The van der Waals surface area contributed by atoms with Crippen molar-refractivity contribution in [1.29, 1.82) is 0 Å². The summed E-state index contributed by atoms with van der Waals surface area (Å²) in [4.78, 5) is 0. The van der Waals surface area contributed by atoms with Crippen molar-refractivity contribution >= 4 is 0 Å². The molecule has 2 atom stereocenters. The Labute approximate surface area is 62.4 Å². The molecule has 0 saturated heterocycles. The van der Waals surface area contributed by atoms with Gasteiger partial charge < -0.3 is 10.8 Å². The van der Waals surface area contributed by atoms with Gasteiger partial charge in [0.2, 0.25) is 0 Å². The average Bonchev–Trinajstić information content (AvgIpc) is 2.33. The highest BCUT2D eigenvalue weighted by Crippen LogP contribution is 2.35. The van der Waals surface area contributed by atoms with Crippen molar-refractivity contribution in [2.24, 2.45) is 11.7 Å². The van der Waals surface area contributed by atoms with Crippen LogP contribution in [0.15, 0.2) is 0 Å². The molecule has 10 heavy (non-hydrogen) atoms. The molecule has 0 aromatic rings. The van der Waals surface area contributed by atoms with Gasteiger partial charge in [-0.1, -0.05) is 13.3 Å². The quantitative estimate of drug-likeness (QED) is 0.603. The molecule has 0 aromatic carbocycles. The van der Waals surface area contributed by atoms with Gasteiger partial charge in [-0.15, -0.1) is 0 Å². The second kappa shape index (κ2) is 2.89. The Hall–Kier alpha value is -0.0800. The van der Waals surface area contributed by atoms with Gasteiger partial charge in [0.05, 0.1) is 5.60 Å². The normalized spacial score (nSPS) is 40.5. The Morgan fingerprint density at radius 2 is 2.40 bits per heavy atom. The van der Waals surface area contributed by atoms with Gasteiger partial charge in [-0.25, -0.2) is 0 Å². The van der Waals surface area contributed by atoms with Crippen molar-refractivity contribution in [2.45, 2.75) is 38.2 Å². The van der Waals surface area contributed by atoms with Gasteiger partial charge in [0, 0.05) is 6.54 Å². The molecular weight excluding hydrogens is 126 g/mol. The largest absolute Gasteiger partial charge is 0.389 e. The number of aliphatic hydroxyl groups is 1. The zero-order chi connectivity index (χ0) is 7.61. The van der Waals surface area contributed by atoms with Crippen LogP contribution in [0.5, 0.6) is 0 Å². The Kier molecular flexibility index (Phi) is 2.32. The topological polar surface area (TPSA) is 46.2 Å². The van der Waals surface area contributed by atoms with Crippen LogP contribution in [0.1, 0.15) is 32.6 Å². The van der Waals surface area contributed by atoms with Crippen molar-refractivity contribution in [1.82, 2.24) is 0 Å². The number of nitrogens with two attached hydrogens (primary N) is 1. The highest BCUT2D eigenvalue weighted by Gasteiger charge is 2.34. The van der Waals surface area contributed by atoms with E-state index in [0.29, 0.717) is 12.5 Å². The molecule has 0 spiro atoms. The number of hydrogen-bond donors (Lipinski definition) is 2. The fraction of sp³-hybridized carbons (Fsp3) is 1.00. The minimum Gasteiger partial charge on any atom is -0.389 e. The molecule has 60 valence electrons. The lowest BCUT2D eigenvalue weighted by Gasteiger charge is -2.19. The maximum absolute atomic E-state index is 9.68. The summed E-state index contributed by atoms with van der Waals surface area (Å²) in [6.07, 6.45) is 4.16. The molecule has 2 nitrogen and oxygen atoms in total. The first-order chi connectivity index (χ1) is 4.70. The Bertz CT molecular complexity index is 116. The summed E-state index contributed by atoms with van der Waals surface area (Å²) in [6.45, 7) is 2.61. The predicted molar refractivity (Wildman–Crippen MR) is 41.6 cm³/mol. The standard InChI is InChI=1S/C8H17NO/c1-2-7-3-4-8(10,5-7)6-9/h7,10H,2-6,9H2,1H3. The summed E-state index contributed by atoms with van der Waals surface area (Å²) >= 11 is 0. The first-order valence-electron chi connectivity index (χ1n) is 4.12. The minimum absolute atomic E-state index is 0.434. The molecule has 2 unspecified atom stereocenters. The summed E-state index contributed by atoms with van der Waals surface area (Å²) in [6, 6.07) is 0. The van der Waals surface area contributed by atoms with Crippen LogP contribution in [0.25, 0.3) is 0 Å². The first-order valence-corrected chi connectivity index (χ1v) is 4.12. The van der Waals surface area contributed by atoms with E-state index in [1.54, 1.807) is 0 Å². The van der Waals surface area contributed by atoms with E-state index in [4.69, 9.17) is 5.73 Å². The van der Waals surface area contributed by atoms with E-state index < -0.39 is 5.60 Å². The molecule has 1 saturated carbocycles. The number of hydrogen-bond acceptors (Lipinski definition) is 2. The molecule has 1 aliphatic rings. The van der Waals surface area contributed by atoms with E-state index in [2.05, 4.69) is 6.92 Å². The van der Waals surface area contributed by atoms with Gasteiger partial charge in [-0.3, -0.25) is 0 Å². The van der Waals surface area contributed by atoms with E-state index in [1.807, 2.05) is 0 Å². The Morgan fingerprint density at radius 3 is 2.70 bits per heavy atom. The maximum atomic E-state index is 9.68. The predicted octanol–water partition coefficient (Wildman–Crippen LogP) is 0.886. The SMILES string of the molecule is CCC1CCC(O)(CN)C1. The van der Waals surface area contributed by atoms with Crippen molar-refractivity contribution in [2.75, 3.05) is 6.54 Å². The van der Waals surface area contributed by atoms with Crippen LogP contribution in [-0.4, -0.2) is 17.3 Å². The van der Waals surface area contributed by atoms with Crippen molar-refractivity contribution in [3.8, 4) is 0 Å². The van der Waals surface area contributed by atoms with E-state index in [1.165, 1.54) is 6.42 Å². The molecule has 1 rings (SSSR count). The zero-order valence-corrected chi connectivity index (χ0v) is 6.64. The molecule has 3 N–H and O–H groups in total. The fourth-order valence-electron chi connectivity index (χ4n) is 1.75. The van der Waals surface area contributed by atoms with E-state index in [0.717, 1.165) is 19.3 Å². The number of rotatable bonds is 2. The van der Waals surface area contributed by atoms with Gasteiger partial charge in [-0.05, 0) is 25.2 Å². The molecule has 0 bridgehead atoms. The monoisotopic (exact) mass is 143 g/mol. The second-order valence-electron chi connectivity index (χ2n) is 3.45. The third-order valence-corrected chi connectivity index (χ3v) is 2.64. The van der Waals surface area contributed by atoms with Gasteiger partial charge in [0.1, 0.15) is 0 Å². The molecule has 0 heterocycles. The molecule has 0 aromatic heterocycles. The van der Waals surface area contributed by atoms with Crippen LogP contribution in [0, 0.1) is 5.92 Å². The van der Waals surface area contributed by atoms with E-state index in [-0.39, 0.29) is 0 Å². The molecule has 1 aliphatic carbocycles. The average molecular weight is 143 g/mol. The molecule has 2 heteroatoms. The zero-order valence-electron chi connectivity index (χ0n) is 6.64. The van der Waals surface area contributed by atoms with Gasteiger partial charge in [0.25, 0.3) is 0 Å². The maximum Gasteiger partial charge on any atom is 0.0772 e. The van der Waals surface area contributed by atoms with Crippen LogP contribution < -0.4 is 5.73 Å². The second-order valence-corrected chi connectivity index (χ2v) is 3.45. The van der Waals surface area contributed by atoms with Crippen molar-refractivity contribution in [3.05, 3.63) is 0 Å². The summed E-state index contributed by atoms with van der Waals surface area (Å²) in [5.74, 6) is 0.716. The Balaban J connectivity index is 2.41.